The van der Waals surface area contributed by atoms with Crippen LogP contribution in [0.5, 0.6) is 0 Å². The predicted molar refractivity (Wildman–Crippen MR) is 130 cm³/mol. The number of nitrogens with zero attached hydrogens (tertiary/aromatic N) is 3. The molecule has 3 rings (SSSR count). The molecule has 0 saturated heterocycles. The molecule has 0 aliphatic heterocycles. The van der Waals surface area contributed by atoms with Gasteiger partial charge in [0.05, 0.1) is 44.2 Å². The van der Waals surface area contributed by atoms with Crippen LogP contribution in [0, 0.1) is 5.82 Å². The number of hydrogen-bond acceptors (Lipinski definition) is 3. The second-order valence-corrected chi connectivity index (χ2v) is 9.38. The minimum Gasteiger partial charge on any atom is -0.309 e. The monoisotopic (exact) mass is 697 g/mol. The standard InChI is InChI=1S/C24H12BrClF11N3O2/c1-39(19(41)13-5-3-9-38-18(13)26)16-6-2-4-12(17(16)27)20(42)40(25)15-8-7-11(10-14(15)22(29,30)31)21(28,23(32,33)34)24(35,36)37/h2-10H,1H3. The van der Waals surface area contributed by atoms with E-state index in [0.717, 1.165) is 25.2 Å². The minimum atomic E-state index is -6.72. The molecule has 0 unspecified atom stereocenters. The Kier molecular flexibility index (Phi) is 8.90. The first kappa shape index (κ1) is 33.0. The summed E-state index contributed by atoms with van der Waals surface area (Å²) in [7, 11) is 1.06. The molecule has 0 aliphatic rings. The molecule has 2 aromatic carbocycles. The summed E-state index contributed by atoms with van der Waals surface area (Å²) in [5.74, 6) is -4.00. The number of hydrogen-bond donors (Lipinski definition) is 0. The third kappa shape index (κ3) is 5.88. The molecule has 0 N–H and O–H groups in total. The lowest BCUT2D eigenvalue weighted by atomic mass is 9.92. The van der Waals surface area contributed by atoms with Gasteiger partial charge in [-0.3, -0.25) is 9.59 Å². The highest BCUT2D eigenvalue weighted by Crippen LogP contribution is 2.54. The third-order valence-electron chi connectivity index (χ3n) is 5.74. The number of halogens is 13. The topological polar surface area (TPSA) is 53.5 Å². The summed E-state index contributed by atoms with van der Waals surface area (Å²) in [4.78, 5) is 30.2. The Morgan fingerprint density at radius 1 is 0.810 bits per heavy atom. The van der Waals surface area contributed by atoms with Crippen LogP contribution < -0.4 is 8.83 Å². The summed E-state index contributed by atoms with van der Waals surface area (Å²) in [5.41, 5.74) is -14.1. The fraction of sp³-hybridized carbons (Fsp3) is 0.208. The quantitative estimate of drug-likeness (QED) is 0.153. The number of benzene rings is 2. The lowest BCUT2D eigenvalue weighted by Crippen LogP contribution is -2.50. The van der Waals surface area contributed by atoms with Crippen molar-refractivity contribution >= 4 is 50.9 Å². The zero-order valence-electron chi connectivity index (χ0n) is 20.3. The normalized spacial score (nSPS) is 12.7. The van der Waals surface area contributed by atoms with E-state index in [1.165, 1.54) is 18.3 Å². The van der Waals surface area contributed by atoms with Gasteiger partial charge in [0.15, 0.2) is 5.82 Å². The van der Waals surface area contributed by atoms with Crippen LogP contribution in [-0.2, 0) is 11.8 Å². The van der Waals surface area contributed by atoms with E-state index in [1.54, 1.807) is 0 Å². The average molecular weight is 699 g/mol. The lowest BCUT2D eigenvalue weighted by Gasteiger charge is -2.31. The van der Waals surface area contributed by atoms with Crippen LogP contribution in [0.3, 0.4) is 0 Å². The number of carbonyl (C=O) groups is 2. The van der Waals surface area contributed by atoms with Crippen molar-refractivity contribution in [1.29, 1.82) is 0 Å². The highest BCUT2D eigenvalue weighted by atomic mass is 79.9. The maximum Gasteiger partial charge on any atom is 0.435 e. The summed E-state index contributed by atoms with van der Waals surface area (Å²) in [6, 6.07) is 4.36. The smallest absolute Gasteiger partial charge is 0.309 e. The Hall–Kier alpha value is -3.47. The Balaban J connectivity index is 2.09. The lowest BCUT2D eigenvalue weighted by molar-refractivity contribution is -0.348. The van der Waals surface area contributed by atoms with Gasteiger partial charge < -0.3 is 4.90 Å². The van der Waals surface area contributed by atoms with Gasteiger partial charge in [-0.15, -0.1) is 0 Å². The summed E-state index contributed by atoms with van der Waals surface area (Å²) < 4.78 is 150. The summed E-state index contributed by atoms with van der Waals surface area (Å²) in [5, 5.41) is -0.259. The number of carbonyl (C=O) groups excluding carboxylic acids is 2. The van der Waals surface area contributed by atoms with Crippen molar-refractivity contribution in [2.45, 2.75) is 24.2 Å². The number of alkyl halides is 10. The van der Waals surface area contributed by atoms with Crippen molar-refractivity contribution in [1.82, 2.24) is 4.98 Å². The molecule has 3 aromatic rings. The molecule has 0 atom stereocenters. The molecule has 5 nitrogen and oxygen atoms in total. The van der Waals surface area contributed by atoms with Crippen LogP contribution in [0.1, 0.15) is 31.8 Å². The summed E-state index contributed by atoms with van der Waals surface area (Å²) >= 11 is 8.29. The first-order valence-corrected chi connectivity index (χ1v) is 11.9. The molecule has 2 amide bonds. The van der Waals surface area contributed by atoms with Crippen LogP contribution in [0.4, 0.5) is 59.7 Å². The maximum absolute atomic E-state index is 15.4. The molecule has 226 valence electrons. The van der Waals surface area contributed by atoms with E-state index in [0.29, 0.717) is 4.90 Å². The molecule has 0 aliphatic carbocycles. The van der Waals surface area contributed by atoms with Crippen molar-refractivity contribution in [2.75, 3.05) is 15.9 Å². The molecule has 18 heteroatoms. The van der Waals surface area contributed by atoms with Crippen LogP contribution in [0.25, 0.3) is 0 Å². The molecule has 1 aromatic heterocycles. The first-order valence-electron chi connectivity index (χ1n) is 10.9. The fourth-order valence-electron chi connectivity index (χ4n) is 3.63. The second kappa shape index (κ2) is 11.3. The molecular weight excluding hydrogens is 687 g/mol. The number of anilines is 2. The van der Waals surface area contributed by atoms with Crippen molar-refractivity contribution in [3.8, 4) is 0 Å². The average Bonchev–Trinajstić information content (AvgIpc) is 2.89. The van der Waals surface area contributed by atoms with E-state index in [9.17, 15) is 53.5 Å². The van der Waals surface area contributed by atoms with Crippen LogP contribution in [-0.4, -0.2) is 36.2 Å². The van der Waals surface area contributed by atoms with E-state index in [1.807, 2.05) is 0 Å². The van der Waals surface area contributed by atoms with E-state index in [2.05, 4.69) is 21.1 Å². The van der Waals surface area contributed by atoms with Gasteiger partial charge in [-0.25, -0.2) is 17.7 Å². The SMILES string of the molecule is CN(C(=O)c1cccnc1Cl)c1cccc(C(=O)N(Br)c2ccc(C(F)(C(F)(F)F)C(F)(F)F)cc2C(F)(F)F)c1F. The predicted octanol–water partition coefficient (Wildman–Crippen LogP) is 8.42. The van der Waals surface area contributed by atoms with E-state index in [-0.39, 0.29) is 26.8 Å². The molecule has 0 radical (unpaired) electrons. The third-order valence-corrected chi connectivity index (χ3v) is 6.74. The minimum absolute atomic E-state index is 0.0293. The molecule has 1 heterocycles. The molecule has 0 bridgehead atoms. The van der Waals surface area contributed by atoms with Crippen molar-refractivity contribution < 1.29 is 57.9 Å². The Labute approximate surface area is 241 Å². The highest BCUT2D eigenvalue weighted by Gasteiger charge is 2.73. The zero-order chi connectivity index (χ0) is 32.0. The largest absolute Gasteiger partial charge is 0.435 e. The zero-order valence-corrected chi connectivity index (χ0v) is 22.6. The van der Waals surface area contributed by atoms with Gasteiger partial charge in [0.2, 0.25) is 0 Å². The van der Waals surface area contributed by atoms with Crippen molar-refractivity contribution in [3.05, 3.63) is 88.0 Å². The highest BCUT2D eigenvalue weighted by molar-refractivity contribution is 9.10. The van der Waals surface area contributed by atoms with Gasteiger partial charge in [0.1, 0.15) is 5.15 Å². The van der Waals surface area contributed by atoms with Gasteiger partial charge in [0, 0.05) is 18.8 Å². The summed E-state index contributed by atoms with van der Waals surface area (Å²) in [6.07, 6.45) is -17.9. The second-order valence-electron chi connectivity index (χ2n) is 8.31. The number of pyridine rings is 1. The molecule has 0 fully saturated rings. The van der Waals surface area contributed by atoms with Gasteiger partial charge in [-0.2, -0.15) is 39.5 Å². The number of aromatic nitrogens is 1. The molecule has 0 spiro atoms. The fourth-order valence-corrected chi connectivity index (χ4v) is 4.33. The summed E-state index contributed by atoms with van der Waals surface area (Å²) in [6.45, 7) is 0. The van der Waals surface area contributed by atoms with Gasteiger partial charge in [-0.1, -0.05) is 23.7 Å². The Morgan fingerprint density at radius 3 is 1.90 bits per heavy atom. The van der Waals surface area contributed by atoms with Crippen molar-refractivity contribution in [3.63, 3.8) is 0 Å². The molecule has 0 saturated carbocycles. The number of amides is 2. The molecule has 42 heavy (non-hydrogen) atoms. The Morgan fingerprint density at radius 2 is 1.38 bits per heavy atom. The van der Waals surface area contributed by atoms with Crippen LogP contribution in [0.15, 0.2) is 54.7 Å². The van der Waals surface area contributed by atoms with Gasteiger partial charge in [0.25, 0.3) is 11.8 Å². The van der Waals surface area contributed by atoms with Gasteiger partial charge in [-0.05, 0) is 36.4 Å². The van der Waals surface area contributed by atoms with Crippen LogP contribution in [0.2, 0.25) is 5.15 Å². The molecular formula is C24H12BrClF11N3O2. The van der Waals surface area contributed by atoms with E-state index < -0.39 is 76.0 Å². The van der Waals surface area contributed by atoms with E-state index in [4.69, 9.17) is 11.6 Å². The van der Waals surface area contributed by atoms with E-state index >= 15 is 4.39 Å². The van der Waals surface area contributed by atoms with Crippen molar-refractivity contribution in [2.24, 2.45) is 0 Å². The van der Waals surface area contributed by atoms with Crippen LogP contribution >= 0.6 is 27.7 Å². The maximum atomic E-state index is 15.4. The Bertz CT molecular complexity index is 1510. The van der Waals surface area contributed by atoms with Gasteiger partial charge >= 0.3 is 24.2 Å². The first-order chi connectivity index (χ1) is 19.1. The number of rotatable bonds is 5.